The molecule has 0 spiro atoms. The van der Waals surface area contributed by atoms with Gasteiger partial charge in [0, 0.05) is 22.7 Å². The summed E-state index contributed by atoms with van der Waals surface area (Å²) in [7, 11) is 1.58. The molecule has 4 aromatic rings. The first-order valence-electron chi connectivity index (χ1n) is 9.58. The molecule has 150 valence electrons. The molecule has 0 saturated carbocycles. The maximum absolute atomic E-state index is 13.4. The van der Waals surface area contributed by atoms with Gasteiger partial charge < -0.3 is 10.1 Å². The molecule has 0 saturated heterocycles. The Morgan fingerprint density at radius 3 is 2.50 bits per heavy atom. The lowest BCUT2D eigenvalue weighted by molar-refractivity contribution is 0.102. The van der Waals surface area contributed by atoms with Gasteiger partial charge in [0.2, 0.25) is 0 Å². The summed E-state index contributed by atoms with van der Waals surface area (Å²) in [5.74, 6) is 0.0948. The monoisotopic (exact) mass is 400 g/mol. The van der Waals surface area contributed by atoms with Crippen molar-refractivity contribution in [3.8, 4) is 17.0 Å². The van der Waals surface area contributed by atoms with Gasteiger partial charge in [-0.1, -0.05) is 17.7 Å². The van der Waals surface area contributed by atoms with Crippen LogP contribution in [0.15, 0.2) is 66.7 Å². The SMILES string of the molecule is COc1cccc(NC(=O)c2cc(-c3ccc(F)cc3)nc3c(C)cc(C)cc23)c1. The van der Waals surface area contributed by atoms with Gasteiger partial charge in [0.1, 0.15) is 11.6 Å². The van der Waals surface area contributed by atoms with Crippen LogP contribution in [0.2, 0.25) is 0 Å². The van der Waals surface area contributed by atoms with E-state index in [1.807, 2.05) is 38.1 Å². The van der Waals surface area contributed by atoms with Crippen molar-refractivity contribution in [2.75, 3.05) is 12.4 Å². The molecular weight excluding hydrogens is 379 g/mol. The standard InChI is InChI=1S/C25H21FN2O2/c1-15-11-16(2)24-21(12-15)22(14-23(28-24)17-7-9-18(26)10-8-17)25(29)27-19-5-4-6-20(13-19)30-3/h4-14H,1-3H3,(H,27,29). The zero-order valence-electron chi connectivity index (χ0n) is 17.0. The third-order valence-corrected chi connectivity index (χ3v) is 4.96. The number of hydrogen-bond donors (Lipinski definition) is 1. The predicted octanol–water partition coefficient (Wildman–Crippen LogP) is 5.92. The minimum absolute atomic E-state index is 0.246. The topological polar surface area (TPSA) is 51.2 Å². The van der Waals surface area contributed by atoms with Gasteiger partial charge in [0.15, 0.2) is 0 Å². The second-order valence-electron chi connectivity index (χ2n) is 7.23. The predicted molar refractivity (Wildman–Crippen MR) is 118 cm³/mol. The second-order valence-corrected chi connectivity index (χ2v) is 7.23. The zero-order chi connectivity index (χ0) is 21.3. The fourth-order valence-electron chi connectivity index (χ4n) is 3.54. The summed E-state index contributed by atoms with van der Waals surface area (Å²) in [5, 5.41) is 3.72. The summed E-state index contributed by atoms with van der Waals surface area (Å²) in [5.41, 5.74) is 5.28. The van der Waals surface area contributed by atoms with E-state index in [2.05, 4.69) is 5.32 Å². The number of nitrogens with zero attached hydrogens (tertiary/aromatic N) is 1. The van der Waals surface area contributed by atoms with Crippen LogP contribution in [-0.2, 0) is 0 Å². The largest absolute Gasteiger partial charge is 0.497 e. The fourth-order valence-corrected chi connectivity index (χ4v) is 3.54. The highest BCUT2D eigenvalue weighted by molar-refractivity contribution is 6.13. The van der Waals surface area contributed by atoms with Gasteiger partial charge in [-0.3, -0.25) is 4.79 Å². The number of methoxy groups -OCH3 is 1. The summed E-state index contributed by atoms with van der Waals surface area (Å²) < 4.78 is 18.6. The number of fused-ring (bicyclic) bond motifs is 1. The number of aromatic nitrogens is 1. The normalized spacial score (nSPS) is 10.8. The highest BCUT2D eigenvalue weighted by atomic mass is 19.1. The quantitative estimate of drug-likeness (QED) is 0.463. The molecule has 30 heavy (non-hydrogen) atoms. The molecule has 4 nitrogen and oxygen atoms in total. The fraction of sp³-hybridized carbons (Fsp3) is 0.120. The van der Waals surface area contributed by atoms with Crippen LogP contribution in [0.4, 0.5) is 10.1 Å². The maximum Gasteiger partial charge on any atom is 0.256 e. The number of halogens is 1. The summed E-state index contributed by atoms with van der Waals surface area (Å²) >= 11 is 0. The van der Waals surface area contributed by atoms with Gasteiger partial charge in [-0.05, 0) is 67.9 Å². The van der Waals surface area contributed by atoms with Crippen molar-refractivity contribution in [3.05, 3.63) is 89.2 Å². The second kappa shape index (κ2) is 7.95. The zero-order valence-corrected chi connectivity index (χ0v) is 17.0. The average molecular weight is 400 g/mol. The number of hydrogen-bond acceptors (Lipinski definition) is 3. The molecule has 5 heteroatoms. The Morgan fingerprint density at radius 2 is 1.77 bits per heavy atom. The number of aryl methyl sites for hydroxylation is 2. The summed E-state index contributed by atoms with van der Waals surface area (Å²) in [6.07, 6.45) is 0. The van der Waals surface area contributed by atoms with Crippen LogP contribution in [0.5, 0.6) is 5.75 Å². The Balaban J connectivity index is 1.85. The number of benzene rings is 3. The minimum Gasteiger partial charge on any atom is -0.497 e. The molecule has 0 atom stereocenters. The summed E-state index contributed by atoms with van der Waals surface area (Å²) in [6.45, 7) is 3.96. The molecule has 4 rings (SSSR count). The van der Waals surface area contributed by atoms with Gasteiger partial charge in [0.05, 0.1) is 23.9 Å². The van der Waals surface area contributed by atoms with Gasteiger partial charge >= 0.3 is 0 Å². The number of pyridine rings is 1. The molecule has 0 aliphatic heterocycles. The van der Waals surface area contributed by atoms with Crippen molar-refractivity contribution >= 4 is 22.5 Å². The van der Waals surface area contributed by atoms with Crippen LogP contribution < -0.4 is 10.1 Å². The van der Waals surface area contributed by atoms with E-state index in [4.69, 9.17) is 9.72 Å². The lowest BCUT2D eigenvalue weighted by atomic mass is 9.99. The minimum atomic E-state index is -0.317. The van der Waals surface area contributed by atoms with Crippen molar-refractivity contribution in [3.63, 3.8) is 0 Å². The highest BCUT2D eigenvalue weighted by Crippen LogP contribution is 2.29. The van der Waals surface area contributed by atoms with Crippen LogP contribution in [0.1, 0.15) is 21.5 Å². The van der Waals surface area contributed by atoms with Crippen LogP contribution in [0, 0.1) is 19.7 Å². The van der Waals surface area contributed by atoms with Crippen LogP contribution in [0.3, 0.4) is 0 Å². The number of carbonyl (C=O) groups excluding carboxylic acids is 1. The van der Waals surface area contributed by atoms with E-state index in [-0.39, 0.29) is 11.7 Å². The van der Waals surface area contributed by atoms with Crippen LogP contribution >= 0.6 is 0 Å². The highest BCUT2D eigenvalue weighted by Gasteiger charge is 2.16. The molecule has 0 aliphatic carbocycles. The van der Waals surface area contributed by atoms with Crippen molar-refractivity contribution in [1.29, 1.82) is 0 Å². The molecular formula is C25H21FN2O2. The summed E-state index contributed by atoms with van der Waals surface area (Å²) in [4.78, 5) is 18.0. The lowest BCUT2D eigenvalue weighted by Crippen LogP contribution is -2.13. The number of ether oxygens (including phenoxy) is 1. The third-order valence-electron chi connectivity index (χ3n) is 4.96. The average Bonchev–Trinajstić information content (AvgIpc) is 2.74. The van der Waals surface area contributed by atoms with Crippen molar-refractivity contribution in [2.45, 2.75) is 13.8 Å². The van der Waals surface area contributed by atoms with Crippen LogP contribution in [0.25, 0.3) is 22.2 Å². The maximum atomic E-state index is 13.4. The number of amides is 1. The van der Waals surface area contributed by atoms with E-state index in [1.54, 1.807) is 37.4 Å². The first kappa shape index (κ1) is 19.6. The summed E-state index contributed by atoms with van der Waals surface area (Å²) in [6, 6.07) is 19.1. The van der Waals surface area contributed by atoms with Crippen LogP contribution in [-0.4, -0.2) is 18.0 Å². The Kier molecular flexibility index (Phi) is 5.19. The first-order chi connectivity index (χ1) is 14.4. The van der Waals surface area contributed by atoms with Gasteiger partial charge in [-0.2, -0.15) is 0 Å². The Bertz CT molecular complexity index is 1250. The van der Waals surface area contributed by atoms with Gasteiger partial charge in [-0.25, -0.2) is 9.37 Å². The van der Waals surface area contributed by atoms with Gasteiger partial charge in [0.25, 0.3) is 5.91 Å². The molecule has 0 unspecified atom stereocenters. The molecule has 3 aromatic carbocycles. The smallest absolute Gasteiger partial charge is 0.256 e. The van der Waals surface area contributed by atoms with E-state index in [9.17, 15) is 9.18 Å². The number of anilines is 1. The number of nitrogens with one attached hydrogen (secondary N) is 1. The molecule has 1 N–H and O–H groups in total. The van der Waals surface area contributed by atoms with Crippen molar-refractivity contribution < 1.29 is 13.9 Å². The molecule has 1 amide bonds. The first-order valence-corrected chi connectivity index (χ1v) is 9.58. The molecule has 1 aromatic heterocycles. The lowest BCUT2D eigenvalue weighted by Gasteiger charge is -2.13. The van der Waals surface area contributed by atoms with E-state index in [1.165, 1.54) is 12.1 Å². The van der Waals surface area contributed by atoms with E-state index >= 15 is 0 Å². The van der Waals surface area contributed by atoms with Crippen molar-refractivity contribution in [2.24, 2.45) is 0 Å². The van der Waals surface area contributed by atoms with E-state index in [0.717, 1.165) is 27.6 Å². The molecule has 0 aliphatic rings. The van der Waals surface area contributed by atoms with E-state index < -0.39 is 0 Å². The van der Waals surface area contributed by atoms with Gasteiger partial charge in [-0.15, -0.1) is 0 Å². The number of rotatable bonds is 4. The molecule has 0 radical (unpaired) electrons. The third kappa shape index (κ3) is 3.87. The molecule has 0 fully saturated rings. The number of carbonyl (C=O) groups is 1. The Labute approximate surface area is 174 Å². The van der Waals surface area contributed by atoms with E-state index in [0.29, 0.717) is 22.7 Å². The Hall–Kier alpha value is -3.73. The van der Waals surface area contributed by atoms with Crippen molar-refractivity contribution in [1.82, 2.24) is 4.98 Å². The molecule has 0 bridgehead atoms. The molecule has 1 heterocycles. The Morgan fingerprint density at radius 1 is 1.00 bits per heavy atom.